The molecule has 2 aromatic carbocycles. The lowest BCUT2D eigenvalue weighted by Crippen LogP contribution is -2.30. The molecule has 1 heterocycles. The number of amides is 1. The quantitative estimate of drug-likeness (QED) is 0.612. The molecule has 0 radical (unpaired) electrons. The minimum atomic E-state index is -3.88. The Bertz CT molecular complexity index is 1050. The highest BCUT2D eigenvalue weighted by Gasteiger charge is 2.28. The highest BCUT2D eigenvalue weighted by molar-refractivity contribution is 7.94. The van der Waals surface area contributed by atoms with Crippen LogP contribution >= 0.6 is 22.9 Å². The van der Waals surface area contributed by atoms with E-state index in [1.165, 1.54) is 10.4 Å². The molecule has 0 aliphatic carbocycles. The predicted molar refractivity (Wildman–Crippen MR) is 106 cm³/mol. The molecule has 0 aliphatic rings. The number of carbonyl (C=O) groups excluding carboxylic acids is 1. The summed E-state index contributed by atoms with van der Waals surface area (Å²) in [6.45, 7) is 1.96. The third-order valence-corrected chi connectivity index (χ3v) is 6.88. The first-order chi connectivity index (χ1) is 12.9. The maximum Gasteiger partial charge on any atom is 0.293 e. The van der Waals surface area contributed by atoms with Gasteiger partial charge < -0.3 is 0 Å². The van der Waals surface area contributed by atoms with E-state index in [4.69, 9.17) is 11.6 Å². The third kappa shape index (κ3) is 4.26. The molecule has 1 N–H and O–H groups in total. The summed E-state index contributed by atoms with van der Waals surface area (Å²) in [5.74, 6) is -0.451. The molecule has 0 atom stereocenters. The zero-order chi connectivity index (χ0) is 19.4. The van der Waals surface area contributed by atoms with E-state index in [1.807, 2.05) is 0 Å². The van der Waals surface area contributed by atoms with Crippen LogP contribution in [0.15, 0.2) is 58.9 Å². The first-order valence-corrected chi connectivity index (χ1v) is 10.5. The van der Waals surface area contributed by atoms with Crippen LogP contribution in [-0.2, 0) is 10.0 Å². The largest absolute Gasteiger partial charge is 0.296 e. The lowest BCUT2D eigenvalue weighted by atomic mass is 10.2. The maximum atomic E-state index is 12.9. The number of benzene rings is 2. The minimum absolute atomic E-state index is 0.0858. The molecule has 1 aromatic heterocycles. The summed E-state index contributed by atoms with van der Waals surface area (Å²) >= 11 is 6.66. The third-order valence-electron chi connectivity index (χ3n) is 3.56. The lowest BCUT2D eigenvalue weighted by Gasteiger charge is -2.20. The zero-order valence-electron chi connectivity index (χ0n) is 14.2. The van der Waals surface area contributed by atoms with Gasteiger partial charge in [-0.3, -0.25) is 14.4 Å². The summed E-state index contributed by atoms with van der Waals surface area (Å²) in [5, 5.41) is 10.6. The Kier molecular flexibility index (Phi) is 5.73. The van der Waals surface area contributed by atoms with Crippen molar-refractivity contribution in [1.29, 1.82) is 0 Å². The molecule has 0 fully saturated rings. The second-order valence-electron chi connectivity index (χ2n) is 5.34. The monoisotopic (exact) mass is 422 g/mol. The first-order valence-electron chi connectivity index (χ1n) is 7.90. The number of carbonyl (C=O) groups is 1. The van der Waals surface area contributed by atoms with Crippen molar-refractivity contribution in [2.75, 3.05) is 16.2 Å². The number of nitrogens with one attached hydrogen (secondary N) is 1. The van der Waals surface area contributed by atoms with Gasteiger partial charge in [0.2, 0.25) is 5.13 Å². The van der Waals surface area contributed by atoms with Gasteiger partial charge in [-0.1, -0.05) is 47.2 Å². The summed E-state index contributed by atoms with van der Waals surface area (Å²) in [7, 11) is -3.88. The van der Waals surface area contributed by atoms with Gasteiger partial charge in [-0.25, -0.2) is 0 Å². The highest BCUT2D eigenvalue weighted by Crippen LogP contribution is 2.27. The zero-order valence-corrected chi connectivity index (χ0v) is 16.6. The van der Waals surface area contributed by atoms with Gasteiger partial charge >= 0.3 is 0 Å². The Hall–Kier alpha value is -2.49. The summed E-state index contributed by atoms with van der Waals surface area (Å²) in [6.07, 6.45) is 0. The fraction of sp³-hybridized carbons (Fsp3) is 0.118. The van der Waals surface area contributed by atoms with Crippen molar-refractivity contribution in [2.24, 2.45) is 0 Å². The summed E-state index contributed by atoms with van der Waals surface area (Å²) in [6, 6.07) is 15.1. The Morgan fingerprint density at radius 1 is 1.15 bits per heavy atom. The van der Waals surface area contributed by atoms with Gasteiger partial charge in [-0.05, 0) is 37.3 Å². The SMILES string of the molecule is CCN(c1ccccc1)S(=O)(=O)c1nnc(NC(=O)c2cccc(Cl)c2)s1. The number of para-hydroxylation sites is 1. The van der Waals surface area contributed by atoms with Crippen molar-refractivity contribution in [3.8, 4) is 0 Å². The van der Waals surface area contributed by atoms with E-state index in [1.54, 1.807) is 55.5 Å². The average Bonchev–Trinajstić information content (AvgIpc) is 3.12. The molecule has 1 amide bonds. The van der Waals surface area contributed by atoms with Crippen molar-refractivity contribution >= 4 is 49.7 Å². The summed E-state index contributed by atoms with van der Waals surface area (Å²) in [5.41, 5.74) is 0.862. The predicted octanol–water partition coefficient (Wildman–Crippen LogP) is 3.66. The van der Waals surface area contributed by atoms with Crippen molar-refractivity contribution in [2.45, 2.75) is 11.3 Å². The molecular weight excluding hydrogens is 408 g/mol. The van der Waals surface area contributed by atoms with Crippen LogP contribution in [0.1, 0.15) is 17.3 Å². The molecule has 0 saturated heterocycles. The van der Waals surface area contributed by atoms with Gasteiger partial charge in [0.15, 0.2) is 0 Å². The fourth-order valence-corrected chi connectivity index (χ4v) is 5.01. The van der Waals surface area contributed by atoms with Gasteiger partial charge in [0, 0.05) is 17.1 Å². The smallest absolute Gasteiger partial charge is 0.293 e. The van der Waals surface area contributed by atoms with Crippen molar-refractivity contribution in [3.05, 3.63) is 65.2 Å². The Morgan fingerprint density at radius 3 is 2.56 bits per heavy atom. The van der Waals surface area contributed by atoms with Gasteiger partial charge in [-0.2, -0.15) is 8.42 Å². The van der Waals surface area contributed by atoms with Crippen molar-refractivity contribution in [3.63, 3.8) is 0 Å². The number of hydrogen-bond donors (Lipinski definition) is 1. The molecule has 0 unspecified atom stereocenters. The lowest BCUT2D eigenvalue weighted by molar-refractivity contribution is 0.102. The fourth-order valence-electron chi connectivity index (χ4n) is 2.34. The molecule has 10 heteroatoms. The number of anilines is 2. The van der Waals surface area contributed by atoms with E-state index in [2.05, 4.69) is 15.5 Å². The second kappa shape index (κ2) is 8.03. The van der Waals surface area contributed by atoms with E-state index >= 15 is 0 Å². The molecular formula is C17H15ClN4O3S2. The van der Waals surface area contributed by atoms with Crippen LogP contribution in [0.2, 0.25) is 5.02 Å². The van der Waals surface area contributed by atoms with Crippen LogP contribution in [-0.4, -0.2) is 31.1 Å². The number of rotatable bonds is 6. The Balaban J connectivity index is 1.83. The van der Waals surface area contributed by atoms with Crippen LogP contribution in [0.3, 0.4) is 0 Å². The molecule has 0 aliphatic heterocycles. The topological polar surface area (TPSA) is 92.3 Å². The van der Waals surface area contributed by atoms with Gasteiger partial charge in [-0.15, -0.1) is 10.2 Å². The highest BCUT2D eigenvalue weighted by atomic mass is 35.5. The summed E-state index contributed by atoms with van der Waals surface area (Å²) in [4.78, 5) is 12.2. The van der Waals surface area contributed by atoms with Crippen LogP contribution in [0.4, 0.5) is 10.8 Å². The van der Waals surface area contributed by atoms with Crippen LogP contribution in [0.5, 0.6) is 0 Å². The molecule has 0 saturated carbocycles. The number of aromatic nitrogens is 2. The maximum absolute atomic E-state index is 12.9. The molecule has 7 nitrogen and oxygen atoms in total. The molecule has 140 valence electrons. The van der Waals surface area contributed by atoms with Crippen LogP contribution in [0.25, 0.3) is 0 Å². The standard InChI is InChI=1S/C17H15ClN4O3S2/c1-2-22(14-9-4-3-5-10-14)27(24,25)17-21-20-16(26-17)19-15(23)12-7-6-8-13(18)11-12/h3-11H,2H2,1H3,(H,19,20,23). The molecule has 0 bridgehead atoms. The molecule has 0 spiro atoms. The van der Waals surface area contributed by atoms with Gasteiger partial charge in [0.1, 0.15) is 0 Å². The number of halogens is 1. The molecule has 27 heavy (non-hydrogen) atoms. The van der Waals surface area contributed by atoms with E-state index in [0.717, 1.165) is 11.3 Å². The molecule has 3 aromatic rings. The molecule has 3 rings (SSSR count). The first kappa shape index (κ1) is 19.3. The second-order valence-corrected chi connectivity index (χ2v) is 8.79. The number of hydrogen-bond acceptors (Lipinski definition) is 6. The van der Waals surface area contributed by atoms with E-state index in [0.29, 0.717) is 16.3 Å². The van der Waals surface area contributed by atoms with E-state index in [-0.39, 0.29) is 16.0 Å². The van der Waals surface area contributed by atoms with Gasteiger partial charge in [0.05, 0.1) is 5.69 Å². The number of nitrogens with zero attached hydrogens (tertiary/aromatic N) is 3. The van der Waals surface area contributed by atoms with Crippen molar-refractivity contribution < 1.29 is 13.2 Å². The van der Waals surface area contributed by atoms with E-state index in [9.17, 15) is 13.2 Å². The number of sulfonamides is 1. The average molecular weight is 423 g/mol. The normalized spacial score (nSPS) is 11.2. The Morgan fingerprint density at radius 2 is 1.89 bits per heavy atom. The van der Waals surface area contributed by atoms with E-state index < -0.39 is 15.9 Å². The van der Waals surface area contributed by atoms with Crippen LogP contribution < -0.4 is 9.62 Å². The minimum Gasteiger partial charge on any atom is -0.296 e. The van der Waals surface area contributed by atoms with Gasteiger partial charge in [0.25, 0.3) is 20.3 Å². The van der Waals surface area contributed by atoms with Crippen LogP contribution in [0, 0.1) is 0 Å². The Labute approximate surface area is 165 Å². The van der Waals surface area contributed by atoms with Crippen molar-refractivity contribution in [1.82, 2.24) is 10.2 Å². The summed E-state index contributed by atoms with van der Waals surface area (Å²) < 4.78 is 26.8.